The number of rotatable bonds is 28. The Hall–Kier alpha value is -0.630. The molecule has 4 aliphatic carbocycles. The van der Waals surface area contributed by atoms with Gasteiger partial charge in [0.15, 0.2) is 0 Å². The van der Waals surface area contributed by atoms with E-state index < -0.39 is 10.1 Å². The maximum Gasteiger partial charge on any atom is 0.264 e. The molecule has 0 aliphatic heterocycles. The van der Waals surface area contributed by atoms with E-state index in [2.05, 4.69) is 44.9 Å². The van der Waals surface area contributed by atoms with Crippen LogP contribution in [0.4, 0.5) is 0 Å². The molecule has 0 bridgehead atoms. The Morgan fingerprint density at radius 2 is 1.23 bits per heavy atom. The summed E-state index contributed by atoms with van der Waals surface area (Å²) in [6.07, 6.45) is 18.8. The van der Waals surface area contributed by atoms with Gasteiger partial charge in [0, 0.05) is 0 Å². The summed E-state index contributed by atoms with van der Waals surface area (Å²) in [6, 6.07) is 0. The summed E-state index contributed by atoms with van der Waals surface area (Å²) < 4.78 is 65.7. The van der Waals surface area contributed by atoms with Gasteiger partial charge in [-0.1, -0.05) is 65.5 Å². The molecule has 0 aromatic rings. The molecule has 4 aliphatic rings. The fourth-order valence-electron chi connectivity index (χ4n) is 10.5. The predicted octanol–water partition coefficient (Wildman–Crippen LogP) is 7.49. The summed E-state index contributed by atoms with van der Waals surface area (Å²) in [5.74, 6) is 5.27. The third-order valence-electron chi connectivity index (χ3n) is 13.2. The highest BCUT2D eigenvalue weighted by atomic mass is 32.2. The van der Waals surface area contributed by atoms with Gasteiger partial charge in [0.1, 0.15) is 0 Å². The molecular weight excluding hydrogens is 697 g/mol. The van der Waals surface area contributed by atoms with Crippen LogP contribution < -0.4 is 0 Å². The molecule has 0 heterocycles. The minimum atomic E-state index is -3.42. The molecule has 0 amide bonds. The van der Waals surface area contributed by atoms with Crippen LogP contribution in [-0.2, 0) is 47.5 Å². The Bertz CT molecular complexity index is 1160. The standard InChI is InChI=1S/C42H76O10S/c1-33(2)8-7-9-34(3)38-12-13-39-37-11-10-35-32-36(14-16-41(35,4)40(37)15-17-42(38,39)5)51-30-28-49-26-24-47-22-20-45-18-19-46-21-23-48-25-27-50-29-31-52-53(6,43)44/h10,33-34,36-40H,7-9,11-32H2,1-6H3/t34-,36-,37+,38-,39+,40+,41+,42-/m1/s1. The summed E-state index contributed by atoms with van der Waals surface area (Å²) in [5, 5.41) is 0. The van der Waals surface area contributed by atoms with E-state index in [0.717, 1.165) is 48.2 Å². The summed E-state index contributed by atoms with van der Waals surface area (Å²) in [4.78, 5) is 0. The molecule has 11 heteroatoms. The molecule has 0 aromatic carbocycles. The van der Waals surface area contributed by atoms with Crippen molar-refractivity contribution in [3.8, 4) is 0 Å². The van der Waals surface area contributed by atoms with Crippen LogP contribution in [-0.4, -0.2) is 113 Å². The summed E-state index contributed by atoms with van der Waals surface area (Å²) in [5.41, 5.74) is 2.61. The maximum atomic E-state index is 10.8. The van der Waals surface area contributed by atoms with Crippen LogP contribution in [0.15, 0.2) is 11.6 Å². The van der Waals surface area contributed by atoms with Crippen molar-refractivity contribution in [1.82, 2.24) is 0 Å². The van der Waals surface area contributed by atoms with Gasteiger partial charge < -0.3 is 33.2 Å². The van der Waals surface area contributed by atoms with Gasteiger partial charge in [-0.2, -0.15) is 8.42 Å². The van der Waals surface area contributed by atoms with Crippen LogP contribution in [0, 0.1) is 46.3 Å². The van der Waals surface area contributed by atoms with Gasteiger partial charge in [0.25, 0.3) is 10.1 Å². The van der Waals surface area contributed by atoms with Crippen LogP contribution in [0.25, 0.3) is 0 Å². The Balaban J connectivity index is 0.972. The van der Waals surface area contributed by atoms with Crippen molar-refractivity contribution >= 4 is 10.1 Å². The molecule has 0 unspecified atom stereocenters. The molecule has 53 heavy (non-hydrogen) atoms. The summed E-state index contributed by atoms with van der Waals surface area (Å²) in [7, 11) is -3.42. The average molecular weight is 773 g/mol. The second kappa shape index (κ2) is 22.9. The molecule has 3 fully saturated rings. The fourth-order valence-corrected chi connectivity index (χ4v) is 10.9. The SMILES string of the molecule is CC(C)CCC[C@@H](C)[C@H]1CC[C@H]2[C@@H]3CC=C4C[C@H](OCCOCCOCCOCCOCCOCCOCCOS(C)(=O)=O)CC[C@]4(C)[C@H]3CC[C@]12C. The smallest absolute Gasteiger partial charge is 0.264 e. The molecule has 0 N–H and O–H groups in total. The average Bonchev–Trinajstić information content (AvgIpc) is 3.47. The van der Waals surface area contributed by atoms with Crippen LogP contribution >= 0.6 is 0 Å². The molecule has 0 radical (unpaired) electrons. The quantitative estimate of drug-likeness (QED) is 0.0451. The normalized spacial score (nSPS) is 30.5. The van der Waals surface area contributed by atoms with Crippen LogP contribution in [0.1, 0.15) is 105 Å². The highest BCUT2D eigenvalue weighted by molar-refractivity contribution is 7.85. The van der Waals surface area contributed by atoms with Crippen molar-refractivity contribution in [2.24, 2.45) is 46.3 Å². The molecular formula is C42H76O10S. The minimum absolute atomic E-state index is 0.00869. The number of fused-ring (bicyclic) bond motifs is 5. The second-order valence-corrected chi connectivity index (χ2v) is 18.9. The zero-order chi connectivity index (χ0) is 38.2. The van der Waals surface area contributed by atoms with Crippen molar-refractivity contribution in [1.29, 1.82) is 0 Å². The van der Waals surface area contributed by atoms with Crippen LogP contribution in [0.2, 0.25) is 0 Å². The third-order valence-corrected chi connectivity index (χ3v) is 13.8. The highest BCUT2D eigenvalue weighted by Gasteiger charge is 2.59. The van der Waals surface area contributed by atoms with Crippen molar-refractivity contribution < 1.29 is 45.8 Å². The zero-order valence-electron chi connectivity index (χ0n) is 34.3. The number of allylic oxidation sites excluding steroid dienone is 1. The van der Waals surface area contributed by atoms with Gasteiger partial charge in [-0.05, 0) is 97.7 Å². The zero-order valence-corrected chi connectivity index (χ0v) is 35.1. The minimum Gasteiger partial charge on any atom is -0.377 e. The first-order valence-corrected chi connectivity index (χ1v) is 22.9. The van der Waals surface area contributed by atoms with Crippen LogP contribution in [0.3, 0.4) is 0 Å². The summed E-state index contributed by atoms with van der Waals surface area (Å²) >= 11 is 0. The lowest BCUT2D eigenvalue weighted by Gasteiger charge is -2.58. The first kappa shape index (κ1) is 45.1. The Morgan fingerprint density at radius 3 is 1.77 bits per heavy atom. The van der Waals surface area contributed by atoms with Gasteiger partial charge in [0.2, 0.25) is 0 Å². The predicted molar refractivity (Wildman–Crippen MR) is 208 cm³/mol. The molecule has 0 spiro atoms. The van der Waals surface area contributed by atoms with Crippen molar-refractivity contribution in [3.05, 3.63) is 11.6 Å². The van der Waals surface area contributed by atoms with Crippen molar-refractivity contribution in [2.45, 2.75) is 111 Å². The molecule has 310 valence electrons. The number of ether oxygens (including phenoxy) is 7. The van der Waals surface area contributed by atoms with E-state index in [9.17, 15) is 8.42 Å². The lowest BCUT2D eigenvalue weighted by molar-refractivity contribution is -0.0692. The van der Waals surface area contributed by atoms with E-state index in [-0.39, 0.29) is 13.2 Å². The monoisotopic (exact) mass is 773 g/mol. The number of hydrogen-bond donors (Lipinski definition) is 0. The van der Waals surface area contributed by atoms with Gasteiger partial charge in [0.05, 0.1) is 105 Å². The molecule has 4 rings (SSSR count). The molecule has 8 atom stereocenters. The first-order valence-electron chi connectivity index (χ1n) is 21.1. The van der Waals surface area contributed by atoms with E-state index in [1.807, 2.05) is 0 Å². The second-order valence-electron chi connectivity index (χ2n) is 17.2. The lowest BCUT2D eigenvalue weighted by atomic mass is 9.47. The lowest BCUT2D eigenvalue weighted by Crippen LogP contribution is -2.51. The largest absolute Gasteiger partial charge is 0.377 e. The fraction of sp³-hybridized carbons (Fsp3) is 0.952. The summed E-state index contributed by atoms with van der Waals surface area (Å²) in [6.45, 7) is 18.9. The Labute approximate surface area is 323 Å². The van der Waals surface area contributed by atoms with Crippen LogP contribution in [0.5, 0.6) is 0 Å². The molecule has 0 aromatic heterocycles. The maximum absolute atomic E-state index is 10.8. The third kappa shape index (κ3) is 14.4. The highest BCUT2D eigenvalue weighted by Crippen LogP contribution is 2.67. The molecule has 3 saturated carbocycles. The van der Waals surface area contributed by atoms with Gasteiger partial charge in [-0.3, -0.25) is 4.18 Å². The Morgan fingerprint density at radius 1 is 0.679 bits per heavy atom. The molecule has 0 saturated heterocycles. The number of hydrogen-bond acceptors (Lipinski definition) is 10. The van der Waals surface area contributed by atoms with E-state index in [1.54, 1.807) is 5.57 Å². The molecule has 10 nitrogen and oxygen atoms in total. The van der Waals surface area contributed by atoms with Crippen molar-refractivity contribution in [2.75, 3.05) is 98.8 Å². The van der Waals surface area contributed by atoms with Gasteiger partial charge in [-0.25, -0.2) is 0 Å². The van der Waals surface area contributed by atoms with E-state index in [0.29, 0.717) is 96.2 Å². The van der Waals surface area contributed by atoms with Gasteiger partial charge in [-0.15, -0.1) is 0 Å². The van der Waals surface area contributed by atoms with Crippen molar-refractivity contribution in [3.63, 3.8) is 0 Å². The topological polar surface area (TPSA) is 108 Å². The van der Waals surface area contributed by atoms with E-state index >= 15 is 0 Å². The first-order chi connectivity index (χ1) is 25.4. The Kier molecular flexibility index (Phi) is 19.5. The van der Waals surface area contributed by atoms with E-state index in [1.165, 1.54) is 64.2 Å². The van der Waals surface area contributed by atoms with Gasteiger partial charge >= 0.3 is 0 Å². The van der Waals surface area contributed by atoms with E-state index in [4.69, 9.17) is 33.2 Å².